The Kier molecular flexibility index (Phi) is 4.50. The zero-order chi connectivity index (χ0) is 22.3. The van der Waals surface area contributed by atoms with Crippen molar-refractivity contribution in [3.05, 3.63) is 12.2 Å². The molecule has 4 bridgehead atoms. The molecule has 0 aromatic carbocycles. The van der Waals surface area contributed by atoms with E-state index >= 15 is 0 Å². The first-order valence-corrected chi connectivity index (χ1v) is 11.5. The van der Waals surface area contributed by atoms with Crippen LogP contribution in [-0.4, -0.2) is 54.9 Å². The van der Waals surface area contributed by atoms with E-state index < -0.39 is 63.9 Å². The molecular formula is C19H20F2O9S. The number of carbonyl (C=O) groups excluding carboxylic acids is 3. The van der Waals surface area contributed by atoms with Gasteiger partial charge in [0.1, 0.15) is 12.2 Å². The summed E-state index contributed by atoms with van der Waals surface area (Å²) in [6.45, 7) is -1.85. The van der Waals surface area contributed by atoms with Crippen LogP contribution in [0.15, 0.2) is 12.2 Å². The maximum absolute atomic E-state index is 13.4. The molecule has 9 atom stereocenters. The van der Waals surface area contributed by atoms with Crippen molar-refractivity contribution in [2.75, 3.05) is 6.61 Å². The van der Waals surface area contributed by atoms with Crippen LogP contribution in [0.5, 0.6) is 0 Å². The zero-order valence-electron chi connectivity index (χ0n) is 16.1. The SMILES string of the molecule is O=C1OC2C3CC(CC13)C2OC(=O)C1C2C=CC(C2)C1C(=O)OCC(F)(F)S(=O)(=O)O. The van der Waals surface area contributed by atoms with Crippen molar-refractivity contribution in [3.8, 4) is 0 Å². The summed E-state index contributed by atoms with van der Waals surface area (Å²) in [7, 11) is -5.75. The minimum Gasteiger partial charge on any atom is -0.458 e. The van der Waals surface area contributed by atoms with Gasteiger partial charge in [-0.1, -0.05) is 12.2 Å². The Hall–Kier alpha value is -2.08. The van der Waals surface area contributed by atoms with Crippen molar-refractivity contribution in [3.63, 3.8) is 0 Å². The molecule has 12 heteroatoms. The molecule has 1 saturated heterocycles. The van der Waals surface area contributed by atoms with E-state index in [1.54, 1.807) is 12.2 Å². The molecule has 0 aromatic heterocycles. The van der Waals surface area contributed by atoms with Gasteiger partial charge in [-0.2, -0.15) is 17.2 Å². The molecule has 0 amide bonds. The number of fused-ring (bicyclic) bond motifs is 3. The number of halogens is 2. The minimum absolute atomic E-state index is 0.00314. The summed E-state index contributed by atoms with van der Waals surface area (Å²) in [6, 6.07) is 0. The van der Waals surface area contributed by atoms with Crippen LogP contribution in [0.2, 0.25) is 0 Å². The Morgan fingerprint density at radius 3 is 2.42 bits per heavy atom. The molecule has 0 aromatic rings. The summed E-state index contributed by atoms with van der Waals surface area (Å²) in [5.74, 6) is -5.06. The number of alkyl halides is 2. The first kappa shape index (κ1) is 20.8. The predicted molar refractivity (Wildman–Crippen MR) is 94.6 cm³/mol. The number of esters is 3. The highest BCUT2D eigenvalue weighted by molar-refractivity contribution is 7.86. The van der Waals surface area contributed by atoms with Gasteiger partial charge in [-0.05, 0) is 31.1 Å². The van der Waals surface area contributed by atoms with Gasteiger partial charge in [-0.3, -0.25) is 18.9 Å². The third kappa shape index (κ3) is 3.09. The van der Waals surface area contributed by atoms with Gasteiger partial charge in [0.2, 0.25) is 0 Å². The molecule has 9 unspecified atom stereocenters. The molecule has 5 aliphatic rings. The lowest BCUT2D eigenvalue weighted by atomic mass is 9.82. The van der Waals surface area contributed by atoms with Gasteiger partial charge in [-0.25, -0.2) is 0 Å². The summed E-state index contributed by atoms with van der Waals surface area (Å²) in [6.07, 6.45) is 4.13. The number of carbonyl (C=O) groups is 3. The Labute approximate surface area is 175 Å². The van der Waals surface area contributed by atoms with E-state index in [-0.39, 0.29) is 29.6 Å². The highest BCUT2D eigenvalue weighted by Crippen LogP contribution is 2.56. The van der Waals surface area contributed by atoms with Crippen molar-refractivity contribution in [2.45, 2.75) is 36.7 Å². The second kappa shape index (κ2) is 6.71. The van der Waals surface area contributed by atoms with Crippen molar-refractivity contribution in [2.24, 2.45) is 41.4 Å². The number of hydrogen-bond acceptors (Lipinski definition) is 8. The highest BCUT2D eigenvalue weighted by Gasteiger charge is 2.64. The van der Waals surface area contributed by atoms with Crippen LogP contribution in [0.3, 0.4) is 0 Å². The molecule has 4 fully saturated rings. The maximum Gasteiger partial charge on any atom is 0.402 e. The predicted octanol–water partition coefficient (Wildman–Crippen LogP) is 0.942. The molecule has 5 rings (SSSR count). The monoisotopic (exact) mass is 462 g/mol. The number of hydrogen-bond donors (Lipinski definition) is 1. The average molecular weight is 462 g/mol. The Balaban J connectivity index is 1.28. The smallest absolute Gasteiger partial charge is 0.402 e. The van der Waals surface area contributed by atoms with Gasteiger partial charge in [0.05, 0.1) is 17.8 Å². The van der Waals surface area contributed by atoms with Crippen LogP contribution < -0.4 is 0 Å². The van der Waals surface area contributed by atoms with Crippen LogP contribution in [0, 0.1) is 41.4 Å². The summed E-state index contributed by atoms with van der Waals surface area (Å²) < 4.78 is 72.4. The first-order chi connectivity index (χ1) is 14.5. The molecule has 1 aliphatic heterocycles. The molecular weight excluding hydrogens is 442 g/mol. The summed E-state index contributed by atoms with van der Waals surface area (Å²) in [5, 5.41) is -4.65. The molecule has 31 heavy (non-hydrogen) atoms. The van der Waals surface area contributed by atoms with Gasteiger partial charge >= 0.3 is 33.3 Å². The number of ether oxygens (including phenoxy) is 3. The van der Waals surface area contributed by atoms with Gasteiger partial charge in [0, 0.05) is 11.8 Å². The standard InChI is InChI=1S/C19H20F2O9S/c20-19(21,31(25,26)27)6-28-17(23)12-7-1-2-8(3-7)13(12)18(24)29-14-9-4-10-11(5-9)16(22)30-15(10)14/h1-2,7-15H,3-6H2,(H,25,26,27). The van der Waals surface area contributed by atoms with E-state index in [1.165, 1.54) is 0 Å². The summed E-state index contributed by atoms with van der Waals surface area (Å²) in [5.41, 5.74) is 0. The van der Waals surface area contributed by atoms with Gasteiger partial charge < -0.3 is 14.2 Å². The lowest BCUT2D eigenvalue weighted by Crippen LogP contribution is -2.42. The molecule has 1 N–H and O–H groups in total. The van der Waals surface area contributed by atoms with Gasteiger partial charge in [0.25, 0.3) is 0 Å². The Morgan fingerprint density at radius 1 is 1.13 bits per heavy atom. The lowest BCUT2D eigenvalue weighted by molar-refractivity contribution is -0.173. The van der Waals surface area contributed by atoms with E-state index in [4.69, 9.17) is 14.0 Å². The molecule has 4 aliphatic carbocycles. The fourth-order valence-corrected chi connectivity index (χ4v) is 6.28. The molecule has 3 saturated carbocycles. The van der Waals surface area contributed by atoms with Crippen LogP contribution in [0.25, 0.3) is 0 Å². The third-order valence-electron chi connectivity index (χ3n) is 7.43. The van der Waals surface area contributed by atoms with E-state index in [0.29, 0.717) is 12.8 Å². The summed E-state index contributed by atoms with van der Waals surface area (Å²) >= 11 is 0. The lowest BCUT2D eigenvalue weighted by Gasteiger charge is -2.30. The van der Waals surface area contributed by atoms with Crippen molar-refractivity contribution in [1.29, 1.82) is 0 Å². The molecule has 9 nitrogen and oxygen atoms in total. The van der Waals surface area contributed by atoms with Crippen molar-refractivity contribution < 1.29 is 50.3 Å². The normalized spacial score (nSPS) is 42.2. The second-order valence-electron chi connectivity index (χ2n) is 9.02. The van der Waals surface area contributed by atoms with Crippen LogP contribution in [0.4, 0.5) is 8.78 Å². The fourth-order valence-electron chi connectivity index (χ4n) is 6.07. The molecule has 0 radical (unpaired) electrons. The van der Waals surface area contributed by atoms with Gasteiger partial charge in [0.15, 0.2) is 6.61 Å². The highest BCUT2D eigenvalue weighted by atomic mass is 32.2. The number of rotatable bonds is 6. The van der Waals surface area contributed by atoms with Gasteiger partial charge in [-0.15, -0.1) is 0 Å². The first-order valence-electron chi connectivity index (χ1n) is 10.1. The van der Waals surface area contributed by atoms with Crippen molar-refractivity contribution >= 4 is 28.0 Å². The quantitative estimate of drug-likeness (QED) is 0.265. The van der Waals surface area contributed by atoms with Crippen molar-refractivity contribution in [1.82, 2.24) is 0 Å². The molecule has 1 heterocycles. The zero-order valence-corrected chi connectivity index (χ0v) is 16.9. The third-order valence-corrected chi connectivity index (χ3v) is 8.30. The molecule has 0 spiro atoms. The van der Waals surface area contributed by atoms with Crippen LogP contribution >= 0.6 is 0 Å². The van der Waals surface area contributed by atoms with Crippen LogP contribution in [0.1, 0.15) is 19.3 Å². The van der Waals surface area contributed by atoms with E-state index in [0.717, 1.165) is 6.42 Å². The molecule has 170 valence electrons. The Morgan fingerprint density at radius 2 is 1.77 bits per heavy atom. The minimum atomic E-state index is -5.75. The fraction of sp³-hybridized carbons (Fsp3) is 0.737. The average Bonchev–Trinajstić information content (AvgIpc) is 3.46. The van der Waals surface area contributed by atoms with Crippen LogP contribution in [-0.2, 0) is 38.7 Å². The second-order valence-corrected chi connectivity index (χ2v) is 10.6. The Bertz CT molecular complexity index is 977. The number of allylic oxidation sites excluding steroid dienone is 2. The largest absolute Gasteiger partial charge is 0.458 e. The van der Waals surface area contributed by atoms with E-state index in [1.807, 2.05) is 0 Å². The van der Waals surface area contributed by atoms with E-state index in [9.17, 15) is 31.6 Å². The summed E-state index contributed by atoms with van der Waals surface area (Å²) in [4.78, 5) is 37.4. The van der Waals surface area contributed by atoms with E-state index in [2.05, 4.69) is 4.74 Å². The topological polar surface area (TPSA) is 133 Å². The maximum atomic E-state index is 13.4.